The second kappa shape index (κ2) is 7.08. The summed E-state index contributed by atoms with van der Waals surface area (Å²) in [5.74, 6) is -1.83. The number of pyridine rings is 1. The summed E-state index contributed by atoms with van der Waals surface area (Å²) in [7, 11) is 2.22. The van der Waals surface area contributed by atoms with Crippen LogP contribution in [0.4, 0.5) is 5.69 Å². The van der Waals surface area contributed by atoms with E-state index in [9.17, 15) is 19.7 Å². The Labute approximate surface area is 143 Å². The molecule has 0 aliphatic rings. The van der Waals surface area contributed by atoms with Gasteiger partial charge in [-0.25, -0.2) is 9.59 Å². The summed E-state index contributed by atoms with van der Waals surface area (Å²) < 4.78 is 9.25. The van der Waals surface area contributed by atoms with E-state index >= 15 is 0 Å². The summed E-state index contributed by atoms with van der Waals surface area (Å²) in [6, 6.07) is 6.14. The first-order valence-electron chi connectivity index (χ1n) is 7.23. The minimum Gasteiger partial charge on any atom is -0.465 e. The zero-order chi connectivity index (χ0) is 18.7. The van der Waals surface area contributed by atoms with Crippen LogP contribution in [-0.2, 0) is 9.47 Å². The van der Waals surface area contributed by atoms with Crippen molar-refractivity contribution in [3.63, 3.8) is 0 Å². The minimum atomic E-state index is -0.916. The van der Waals surface area contributed by atoms with Crippen LogP contribution >= 0.6 is 0 Å². The predicted octanol–water partition coefficient (Wildman–Crippen LogP) is 2.85. The van der Waals surface area contributed by atoms with Crippen molar-refractivity contribution in [1.29, 1.82) is 0 Å². The second-order valence-corrected chi connectivity index (χ2v) is 5.30. The predicted molar refractivity (Wildman–Crippen MR) is 88.5 cm³/mol. The number of carbonyl (C=O) groups is 2. The van der Waals surface area contributed by atoms with Crippen molar-refractivity contribution in [3.8, 4) is 11.1 Å². The average Bonchev–Trinajstić information content (AvgIpc) is 2.58. The number of hydrogen-bond acceptors (Lipinski definition) is 7. The number of nitro groups is 1. The van der Waals surface area contributed by atoms with Gasteiger partial charge in [0.15, 0.2) is 0 Å². The SMILES string of the molecule is COC(=O)c1cc(-c2cc(C)nc(C)c2)cc(C(=O)OC)c1[N+](=O)[O-]. The quantitative estimate of drug-likeness (QED) is 0.476. The number of nitro benzene ring substituents is 1. The fourth-order valence-electron chi connectivity index (χ4n) is 2.53. The minimum absolute atomic E-state index is 0.322. The Morgan fingerprint density at radius 3 is 1.68 bits per heavy atom. The van der Waals surface area contributed by atoms with Crippen LogP contribution in [0.3, 0.4) is 0 Å². The molecule has 25 heavy (non-hydrogen) atoms. The van der Waals surface area contributed by atoms with E-state index in [4.69, 9.17) is 0 Å². The molecule has 0 saturated heterocycles. The lowest BCUT2D eigenvalue weighted by Gasteiger charge is -2.10. The normalized spacial score (nSPS) is 10.2. The molecule has 2 aromatic rings. The van der Waals surface area contributed by atoms with Gasteiger partial charge in [0.2, 0.25) is 0 Å². The van der Waals surface area contributed by atoms with Gasteiger partial charge in [-0.15, -0.1) is 0 Å². The summed E-state index contributed by atoms with van der Waals surface area (Å²) in [5, 5.41) is 11.4. The summed E-state index contributed by atoms with van der Waals surface area (Å²) >= 11 is 0. The Bertz CT molecular complexity index is 818. The molecule has 0 fully saturated rings. The molecule has 0 aliphatic carbocycles. The maximum Gasteiger partial charge on any atom is 0.344 e. The molecule has 2 rings (SSSR count). The first kappa shape index (κ1) is 18.1. The number of aryl methyl sites for hydroxylation is 2. The van der Waals surface area contributed by atoms with Gasteiger partial charge in [-0.05, 0) is 49.2 Å². The van der Waals surface area contributed by atoms with Gasteiger partial charge in [0, 0.05) is 11.4 Å². The van der Waals surface area contributed by atoms with E-state index in [-0.39, 0.29) is 11.1 Å². The number of esters is 2. The number of hydrogen-bond donors (Lipinski definition) is 0. The third-order valence-corrected chi connectivity index (χ3v) is 3.52. The number of benzene rings is 1. The summed E-state index contributed by atoms with van der Waals surface area (Å²) in [5.41, 5.74) is 1.27. The second-order valence-electron chi connectivity index (χ2n) is 5.30. The van der Waals surface area contributed by atoms with E-state index in [1.165, 1.54) is 12.1 Å². The molecule has 8 heteroatoms. The first-order valence-corrected chi connectivity index (χ1v) is 7.23. The van der Waals surface area contributed by atoms with Gasteiger partial charge in [0.1, 0.15) is 11.1 Å². The topological polar surface area (TPSA) is 109 Å². The van der Waals surface area contributed by atoms with Crippen LogP contribution < -0.4 is 0 Å². The molecule has 0 spiro atoms. The molecule has 0 saturated carbocycles. The van der Waals surface area contributed by atoms with Crippen molar-refractivity contribution in [2.75, 3.05) is 14.2 Å². The standard InChI is InChI=1S/C17H16N2O6/c1-9-5-11(6-10(2)18-9)12-7-13(16(20)24-3)15(19(22)23)14(8-12)17(21)25-4/h5-8H,1-4H3. The lowest BCUT2D eigenvalue weighted by Crippen LogP contribution is -2.12. The van der Waals surface area contributed by atoms with Crippen molar-refractivity contribution in [2.45, 2.75) is 13.8 Å². The largest absolute Gasteiger partial charge is 0.465 e. The monoisotopic (exact) mass is 344 g/mol. The Kier molecular flexibility index (Phi) is 5.11. The molecule has 1 heterocycles. The van der Waals surface area contributed by atoms with Crippen molar-refractivity contribution in [2.24, 2.45) is 0 Å². The van der Waals surface area contributed by atoms with Crippen LogP contribution in [0.15, 0.2) is 24.3 Å². The number of rotatable bonds is 4. The molecular weight excluding hydrogens is 328 g/mol. The fraction of sp³-hybridized carbons (Fsp3) is 0.235. The Morgan fingerprint density at radius 1 is 0.920 bits per heavy atom. The Hall–Kier alpha value is -3.29. The van der Waals surface area contributed by atoms with Crippen LogP contribution in [-0.4, -0.2) is 36.1 Å². The van der Waals surface area contributed by atoms with Crippen molar-refractivity contribution in [3.05, 3.63) is 56.9 Å². The maximum atomic E-state index is 12.0. The summed E-state index contributed by atoms with van der Waals surface area (Å²) in [6.07, 6.45) is 0. The van der Waals surface area contributed by atoms with Gasteiger partial charge >= 0.3 is 11.9 Å². The third-order valence-electron chi connectivity index (χ3n) is 3.52. The molecule has 0 unspecified atom stereocenters. The van der Waals surface area contributed by atoms with Crippen molar-refractivity contribution >= 4 is 17.6 Å². The zero-order valence-corrected chi connectivity index (χ0v) is 14.2. The van der Waals surface area contributed by atoms with Gasteiger partial charge in [-0.3, -0.25) is 15.1 Å². The van der Waals surface area contributed by atoms with E-state index < -0.39 is 22.5 Å². The summed E-state index contributed by atoms with van der Waals surface area (Å²) in [4.78, 5) is 38.9. The van der Waals surface area contributed by atoms with E-state index in [1.807, 2.05) is 0 Å². The van der Waals surface area contributed by atoms with Gasteiger partial charge < -0.3 is 9.47 Å². The number of ether oxygens (including phenoxy) is 2. The maximum absolute atomic E-state index is 12.0. The third kappa shape index (κ3) is 3.63. The van der Waals surface area contributed by atoms with E-state index in [0.29, 0.717) is 11.1 Å². The molecule has 0 atom stereocenters. The lowest BCUT2D eigenvalue weighted by atomic mass is 9.97. The Morgan fingerprint density at radius 2 is 1.32 bits per heavy atom. The molecule has 1 aromatic heterocycles. The smallest absolute Gasteiger partial charge is 0.344 e. The summed E-state index contributed by atoms with van der Waals surface area (Å²) in [6.45, 7) is 3.59. The number of aromatic nitrogens is 1. The molecule has 1 aromatic carbocycles. The molecule has 0 N–H and O–H groups in total. The lowest BCUT2D eigenvalue weighted by molar-refractivity contribution is -0.385. The van der Waals surface area contributed by atoms with Gasteiger partial charge in [-0.1, -0.05) is 0 Å². The highest BCUT2D eigenvalue weighted by molar-refractivity contribution is 6.04. The van der Waals surface area contributed by atoms with E-state index in [2.05, 4.69) is 14.5 Å². The number of carbonyl (C=O) groups excluding carboxylic acids is 2. The number of methoxy groups -OCH3 is 2. The van der Waals surface area contributed by atoms with Crippen LogP contribution in [0.2, 0.25) is 0 Å². The van der Waals surface area contributed by atoms with Crippen LogP contribution in [0.25, 0.3) is 11.1 Å². The van der Waals surface area contributed by atoms with Crippen LogP contribution in [0, 0.1) is 24.0 Å². The highest BCUT2D eigenvalue weighted by atomic mass is 16.6. The number of nitrogens with zero attached hydrogens (tertiary/aromatic N) is 2. The first-order chi connectivity index (χ1) is 11.8. The van der Waals surface area contributed by atoms with Gasteiger partial charge in [0.05, 0.1) is 19.1 Å². The van der Waals surface area contributed by atoms with E-state index in [0.717, 1.165) is 25.6 Å². The molecule has 0 aliphatic heterocycles. The molecule has 0 amide bonds. The van der Waals surface area contributed by atoms with Crippen molar-refractivity contribution < 1.29 is 24.0 Å². The highest BCUT2D eigenvalue weighted by Crippen LogP contribution is 2.32. The molecule has 0 radical (unpaired) electrons. The Balaban J connectivity index is 2.84. The van der Waals surface area contributed by atoms with E-state index in [1.54, 1.807) is 26.0 Å². The van der Waals surface area contributed by atoms with Gasteiger partial charge in [0.25, 0.3) is 5.69 Å². The highest BCUT2D eigenvalue weighted by Gasteiger charge is 2.31. The van der Waals surface area contributed by atoms with Crippen LogP contribution in [0.1, 0.15) is 32.1 Å². The average molecular weight is 344 g/mol. The molecule has 8 nitrogen and oxygen atoms in total. The fourth-order valence-corrected chi connectivity index (χ4v) is 2.53. The molecule has 0 bridgehead atoms. The zero-order valence-electron chi connectivity index (χ0n) is 14.2. The van der Waals surface area contributed by atoms with Crippen molar-refractivity contribution in [1.82, 2.24) is 4.98 Å². The molecular formula is C17H16N2O6. The molecule has 130 valence electrons. The van der Waals surface area contributed by atoms with Crippen LogP contribution in [0.5, 0.6) is 0 Å². The van der Waals surface area contributed by atoms with Gasteiger partial charge in [-0.2, -0.15) is 0 Å².